The number of hydrogen-bond donors (Lipinski definition) is 1. The lowest BCUT2D eigenvalue weighted by molar-refractivity contribution is 0.0928. The van der Waals surface area contributed by atoms with Crippen molar-refractivity contribution < 1.29 is 4.79 Å². The van der Waals surface area contributed by atoms with Crippen molar-refractivity contribution in [1.29, 1.82) is 0 Å². The highest BCUT2D eigenvalue weighted by atomic mass is 35.5. The zero-order valence-corrected chi connectivity index (χ0v) is 13.8. The molecule has 1 aromatic carbocycles. The van der Waals surface area contributed by atoms with Gasteiger partial charge in [0.05, 0.1) is 21.1 Å². The zero-order valence-electron chi connectivity index (χ0n) is 11.6. The van der Waals surface area contributed by atoms with Crippen LogP contribution in [0.3, 0.4) is 0 Å². The van der Waals surface area contributed by atoms with Crippen LogP contribution >= 0.6 is 34.8 Å². The molecule has 1 amide bonds. The van der Waals surface area contributed by atoms with Gasteiger partial charge in [0.1, 0.15) is 5.69 Å². The van der Waals surface area contributed by atoms with Crippen LogP contribution in [0, 0.1) is 0 Å². The third kappa shape index (κ3) is 2.94. The van der Waals surface area contributed by atoms with Crippen LogP contribution in [-0.4, -0.2) is 10.9 Å². The van der Waals surface area contributed by atoms with Gasteiger partial charge >= 0.3 is 0 Å². The van der Waals surface area contributed by atoms with Gasteiger partial charge in [-0.2, -0.15) is 0 Å². The molecule has 2 aromatic rings. The van der Waals surface area contributed by atoms with E-state index in [9.17, 15) is 4.79 Å². The number of nitrogens with zero attached hydrogens (tertiary/aromatic N) is 1. The molecule has 3 rings (SSSR count). The molecule has 0 spiro atoms. The van der Waals surface area contributed by atoms with Gasteiger partial charge in [0, 0.05) is 6.20 Å². The summed E-state index contributed by atoms with van der Waals surface area (Å²) in [5, 5.41) is 3.44. The number of nitrogens with one attached hydrogen (secondary N) is 1. The maximum absolute atomic E-state index is 12.4. The van der Waals surface area contributed by atoms with E-state index in [0.717, 1.165) is 24.8 Å². The number of fused-ring (bicyclic) bond motifs is 1. The van der Waals surface area contributed by atoms with Gasteiger partial charge in [-0.3, -0.25) is 4.79 Å². The van der Waals surface area contributed by atoms with E-state index >= 15 is 0 Å². The SMILES string of the molecule is O=C(N[C@H]1CCCc2ccccc21)c1ncc(Cl)c(Cl)c1Cl. The largest absolute Gasteiger partial charge is 0.344 e. The molecule has 1 aliphatic carbocycles. The summed E-state index contributed by atoms with van der Waals surface area (Å²) >= 11 is 17.9. The summed E-state index contributed by atoms with van der Waals surface area (Å²) in [6, 6.07) is 8.10. The van der Waals surface area contributed by atoms with Crippen molar-refractivity contribution >= 4 is 40.7 Å². The zero-order chi connectivity index (χ0) is 15.7. The monoisotopic (exact) mass is 354 g/mol. The fourth-order valence-corrected chi connectivity index (χ4v) is 3.30. The third-order valence-corrected chi connectivity index (χ3v) is 5.05. The number of carbonyl (C=O) groups is 1. The van der Waals surface area contributed by atoms with Crippen LogP contribution < -0.4 is 5.32 Å². The quantitative estimate of drug-likeness (QED) is 0.836. The van der Waals surface area contributed by atoms with Crippen molar-refractivity contribution in [2.45, 2.75) is 25.3 Å². The minimum atomic E-state index is -0.342. The molecule has 1 N–H and O–H groups in total. The predicted molar refractivity (Wildman–Crippen MR) is 88.9 cm³/mol. The normalized spacial score (nSPS) is 17.0. The number of halogens is 3. The molecule has 0 aliphatic heterocycles. The number of aromatic nitrogens is 1. The summed E-state index contributed by atoms with van der Waals surface area (Å²) in [6.45, 7) is 0. The molecule has 0 bridgehead atoms. The summed E-state index contributed by atoms with van der Waals surface area (Å²) in [5.41, 5.74) is 2.52. The first-order valence-electron chi connectivity index (χ1n) is 6.96. The molecule has 1 aromatic heterocycles. The van der Waals surface area contributed by atoms with Gasteiger partial charge in [-0.25, -0.2) is 4.98 Å². The van der Waals surface area contributed by atoms with E-state index in [4.69, 9.17) is 34.8 Å². The minimum Gasteiger partial charge on any atom is -0.344 e. The maximum atomic E-state index is 12.4. The Morgan fingerprint density at radius 1 is 1.18 bits per heavy atom. The Hall–Kier alpha value is -1.29. The maximum Gasteiger partial charge on any atom is 0.271 e. The van der Waals surface area contributed by atoms with Crippen LogP contribution in [0.25, 0.3) is 0 Å². The molecule has 1 heterocycles. The van der Waals surface area contributed by atoms with Gasteiger partial charge in [0.2, 0.25) is 0 Å². The average molecular weight is 356 g/mol. The highest BCUT2D eigenvalue weighted by molar-refractivity contribution is 6.48. The van der Waals surface area contributed by atoms with Gasteiger partial charge in [0.15, 0.2) is 0 Å². The Labute approximate surface area is 143 Å². The number of aryl methyl sites for hydroxylation is 1. The number of amides is 1. The molecule has 3 nitrogen and oxygen atoms in total. The van der Waals surface area contributed by atoms with Gasteiger partial charge in [0.25, 0.3) is 5.91 Å². The Morgan fingerprint density at radius 2 is 1.95 bits per heavy atom. The molecule has 22 heavy (non-hydrogen) atoms. The van der Waals surface area contributed by atoms with Gasteiger partial charge in [-0.05, 0) is 30.4 Å². The summed E-state index contributed by atoms with van der Waals surface area (Å²) < 4.78 is 0. The first-order valence-corrected chi connectivity index (χ1v) is 8.09. The van der Waals surface area contributed by atoms with Crippen molar-refractivity contribution in [3.63, 3.8) is 0 Å². The van der Waals surface area contributed by atoms with E-state index in [1.807, 2.05) is 18.2 Å². The smallest absolute Gasteiger partial charge is 0.271 e. The highest BCUT2D eigenvalue weighted by Crippen LogP contribution is 2.33. The van der Waals surface area contributed by atoms with Crippen LogP contribution in [-0.2, 0) is 6.42 Å². The lowest BCUT2D eigenvalue weighted by Crippen LogP contribution is -2.31. The number of rotatable bonds is 2. The van der Waals surface area contributed by atoms with Crippen LogP contribution in [0.15, 0.2) is 30.5 Å². The van der Waals surface area contributed by atoms with Crippen LogP contribution in [0.4, 0.5) is 0 Å². The molecule has 1 atom stereocenters. The Morgan fingerprint density at radius 3 is 2.77 bits per heavy atom. The summed E-state index contributed by atoms with van der Waals surface area (Å²) in [6.07, 6.45) is 4.29. The molecule has 6 heteroatoms. The fourth-order valence-electron chi connectivity index (χ4n) is 2.73. The first kappa shape index (κ1) is 15.6. The standard InChI is InChI=1S/C16H13Cl3N2O/c17-11-8-20-15(14(19)13(11)18)16(22)21-12-7-3-5-9-4-1-2-6-10(9)12/h1-2,4,6,8,12H,3,5,7H2,(H,21,22)/t12-/m0/s1. The molecule has 114 valence electrons. The predicted octanol–water partition coefficient (Wildman–Crippen LogP) is 4.85. The summed E-state index contributed by atoms with van der Waals surface area (Å²) in [5.74, 6) is -0.342. The summed E-state index contributed by atoms with van der Waals surface area (Å²) in [4.78, 5) is 16.4. The Kier molecular flexibility index (Phi) is 4.57. The molecule has 0 saturated heterocycles. The van der Waals surface area contributed by atoms with E-state index in [0.29, 0.717) is 0 Å². The Balaban J connectivity index is 1.86. The van der Waals surface area contributed by atoms with Crippen molar-refractivity contribution in [3.8, 4) is 0 Å². The Bertz CT molecular complexity index is 733. The number of benzene rings is 1. The molecule has 0 unspecified atom stereocenters. The summed E-state index contributed by atoms with van der Waals surface area (Å²) in [7, 11) is 0. The van der Waals surface area contributed by atoms with Crippen LogP contribution in [0.1, 0.15) is 40.5 Å². The van der Waals surface area contributed by atoms with E-state index in [2.05, 4.69) is 16.4 Å². The van der Waals surface area contributed by atoms with Crippen molar-refractivity contribution in [2.75, 3.05) is 0 Å². The number of pyridine rings is 1. The van der Waals surface area contributed by atoms with Crippen molar-refractivity contribution in [2.24, 2.45) is 0 Å². The van der Waals surface area contributed by atoms with E-state index < -0.39 is 0 Å². The van der Waals surface area contributed by atoms with Crippen molar-refractivity contribution in [3.05, 3.63) is 62.4 Å². The topological polar surface area (TPSA) is 42.0 Å². The van der Waals surface area contributed by atoms with Crippen LogP contribution in [0.5, 0.6) is 0 Å². The molecule has 1 aliphatic rings. The average Bonchev–Trinajstić information content (AvgIpc) is 2.53. The molecule has 0 saturated carbocycles. The highest BCUT2D eigenvalue weighted by Gasteiger charge is 2.24. The number of carbonyl (C=O) groups excluding carboxylic acids is 1. The fraction of sp³-hybridized carbons (Fsp3) is 0.250. The van der Waals surface area contributed by atoms with E-state index in [1.165, 1.54) is 11.8 Å². The third-order valence-electron chi connectivity index (χ3n) is 3.81. The molecular formula is C16H13Cl3N2O. The lowest BCUT2D eigenvalue weighted by Gasteiger charge is -2.26. The van der Waals surface area contributed by atoms with E-state index in [1.54, 1.807) is 0 Å². The second-order valence-electron chi connectivity index (χ2n) is 5.20. The number of hydrogen-bond acceptors (Lipinski definition) is 2. The van der Waals surface area contributed by atoms with Gasteiger partial charge in [-0.1, -0.05) is 59.1 Å². The lowest BCUT2D eigenvalue weighted by atomic mass is 9.87. The minimum absolute atomic E-state index is 0.0372. The molecular weight excluding hydrogens is 343 g/mol. The second-order valence-corrected chi connectivity index (χ2v) is 6.36. The van der Waals surface area contributed by atoms with Crippen LogP contribution in [0.2, 0.25) is 15.1 Å². The first-order chi connectivity index (χ1) is 10.6. The van der Waals surface area contributed by atoms with Gasteiger partial charge < -0.3 is 5.32 Å². The molecule has 0 radical (unpaired) electrons. The van der Waals surface area contributed by atoms with Crippen molar-refractivity contribution in [1.82, 2.24) is 10.3 Å². The van der Waals surface area contributed by atoms with Gasteiger partial charge in [-0.15, -0.1) is 0 Å². The second kappa shape index (κ2) is 6.45. The van der Waals surface area contributed by atoms with E-state index in [-0.39, 0.29) is 32.7 Å². The molecule has 0 fully saturated rings.